The maximum atomic E-state index is 12.0. The summed E-state index contributed by atoms with van der Waals surface area (Å²) in [5.41, 5.74) is 1.93. The van der Waals surface area contributed by atoms with Crippen molar-refractivity contribution in [1.82, 2.24) is 5.32 Å². The van der Waals surface area contributed by atoms with Crippen LogP contribution < -0.4 is 10.6 Å². The molecule has 0 saturated heterocycles. The van der Waals surface area contributed by atoms with E-state index in [0.717, 1.165) is 30.5 Å². The van der Waals surface area contributed by atoms with E-state index in [1.165, 1.54) is 0 Å². The van der Waals surface area contributed by atoms with E-state index in [0.29, 0.717) is 12.8 Å². The van der Waals surface area contributed by atoms with Gasteiger partial charge in [-0.25, -0.2) is 4.79 Å². The predicted octanol–water partition coefficient (Wildman–Crippen LogP) is 3.01. The van der Waals surface area contributed by atoms with Gasteiger partial charge in [-0.15, -0.1) is 0 Å². The summed E-state index contributed by atoms with van der Waals surface area (Å²) in [6.07, 6.45) is 3.57. The minimum Gasteiger partial charge on any atom is -0.481 e. The van der Waals surface area contributed by atoms with Crippen LogP contribution in [-0.4, -0.2) is 23.1 Å². The third-order valence-corrected chi connectivity index (χ3v) is 4.06. The highest BCUT2D eigenvalue weighted by molar-refractivity contribution is 5.90. The smallest absolute Gasteiger partial charge is 0.319 e. The molecule has 0 atom stereocenters. The number of benzene rings is 1. The second-order valence-corrected chi connectivity index (χ2v) is 5.50. The summed E-state index contributed by atoms with van der Waals surface area (Å²) in [7, 11) is 0. The number of aliphatic carboxylic acids is 1. The van der Waals surface area contributed by atoms with Gasteiger partial charge in [-0.3, -0.25) is 4.79 Å². The highest BCUT2D eigenvalue weighted by Gasteiger charge is 2.26. The molecule has 114 valence electrons. The average Bonchev–Trinajstić information content (AvgIpc) is 2.48. The SMILES string of the molecule is CCc1ccccc1NC(=O)NC1CCC(C(=O)O)CC1. The Kier molecular flexibility index (Phi) is 5.20. The number of carbonyl (C=O) groups is 2. The van der Waals surface area contributed by atoms with Gasteiger partial charge >= 0.3 is 12.0 Å². The Hall–Kier alpha value is -2.04. The van der Waals surface area contributed by atoms with Gasteiger partial charge in [-0.05, 0) is 43.7 Å². The Labute approximate surface area is 124 Å². The van der Waals surface area contributed by atoms with Crippen LogP contribution >= 0.6 is 0 Å². The third kappa shape index (κ3) is 4.21. The van der Waals surface area contributed by atoms with Crippen LogP contribution in [0.15, 0.2) is 24.3 Å². The molecule has 3 N–H and O–H groups in total. The summed E-state index contributed by atoms with van der Waals surface area (Å²) in [5, 5.41) is 14.8. The molecule has 2 amide bonds. The lowest BCUT2D eigenvalue weighted by atomic mass is 9.86. The molecule has 21 heavy (non-hydrogen) atoms. The lowest BCUT2D eigenvalue weighted by Crippen LogP contribution is -2.41. The van der Waals surface area contributed by atoms with Crippen LogP contribution in [0.25, 0.3) is 0 Å². The number of rotatable bonds is 4. The molecule has 0 heterocycles. The molecular formula is C16H22N2O3. The van der Waals surface area contributed by atoms with Gasteiger partial charge in [0.25, 0.3) is 0 Å². The zero-order chi connectivity index (χ0) is 15.2. The molecule has 0 aliphatic heterocycles. The minimum absolute atomic E-state index is 0.0642. The Morgan fingerprint density at radius 1 is 1.19 bits per heavy atom. The van der Waals surface area contributed by atoms with E-state index in [9.17, 15) is 9.59 Å². The normalized spacial score (nSPS) is 21.6. The monoisotopic (exact) mass is 290 g/mol. The average molecular weight is 290 g/mol. The van der Waals surface area contributed by atoms with E-state index < -0.39 is 5.97 Å². The Balaban J connectivity index is 1.84. The van der Waals surface area contributed by atoms with Crippen molar-refractivity contribution >= 4 is 17.7 Å². The summed E-state index contributed by atoms with van der Waals surface area (Å²) in [6.45, 7) is 2.05. The Morgan fingerprint density at radius 3 is 2.48 bits per heavy atom. The molecule has 0 spiro atoms. The van der Waals surface area contributed by atoms with Gasteiger partial charge in [0.05, 0.1) is 5.92 Å². The molecule has 1 saturated carbocycles. The van der Waals surface area contributed by atoms with Crippen LogP contribution in [-0.2, 0) is 11.2 Å². The second-order valence-electron chi connectivity index (χ2n) is 5.50. The molecule has 1 aliphatic carbocycles. The second kappa shape index (κ2) is 7.11. The van der Waals surface area contributed by atoms with Crippen LogP contribution in [0.5, 0.6) is 0 Å². The predicted molar refractivity (Wildman–Crippen MR) is 81.4 cm³/mol. The standard InChI is InChI=1S/C16H22N2O3/c1-2-11-5-3-4-6-14(11)18-16(21)17-13-9-7-12(8-10-13)15(19)20/h3-6,12-13H,2,7-10H2,1H3,(H,19,20)(H2,17,18,21). The van der Waals surface area contributed by atoms with E-state index in [2.05, 4.69) is 10.6 Å². The van der Waals surface area contributed by atoms with Crippen molar-refractivity contribution in [2.24, 2.45) is 5.92 Å². The number of anilines is 1. The zero-order valence-electron chi connectivity index (χ0n) is 12.3. The molecule has 0 bridgehead atoms. The molecule has 0 radical (unpaired) electrons. The first-order valence-corrected chi connectivity index (χ1v) is 7.48. The zero-order valence-corrected chi connectivity index (χ0v) is 12.3. The molecule has 5 nitrogen and oxygen atoms in total. The number of para-hydroxylation sites is 1. The van der Waals surface area contributed by atoms with E-state index in [1.807, 2.05) is 31.2 Å². The van der Waals surface area contributed by atoms with Gasteiger partial charge in [0, 0.05) is 11.7 Å². The van der Waals surface area contributed by atoms with Crippen LogP contribution in [0.2, 0.25) is 0 Å². The molecule has 2 rings (SSSR count). The number of hydrogen-bond donors (Lipinski definition) is 3. The van der Waals surface area contributed by atoms with Crippen molar-refractivity contribution < 1.29 is 14.7 Å². The molecule has 1 fully saturated rings. The molecule has 1 aromatic rings. The maximum Gasteiger partial charge on any atom is 0.319 e. The van der Waals surface area contributed by atoms with Crippen molar-refractivity contribution in [3.05, 3.63) is 29.8 Å². The van der Waals surface area contributed by atoms with Gasteiger partial charge in [-0.2, -0.15) is 0 Å². The highest BCUT2D eigenvalue weighted by atomic mass is 16.4. The largest absolute Gasteiger partial charge is 0.481 e. The first-order chi connectivity index (χ1) is 10.1. The first-order valence-electron chi connectivity index (χ1n) is 7.48. The summed E-state index contributed by atoms with van der Waals surface area (Å²) < 4.78 is 0. The summed E-state index contributed by atoms with van der Waals surface area (Å²) in [6, 6.07) is 7.58. The highest BCUT2D eigenvalue weighted by Crippen LogP contribution is 2.24. The molecule has 0 aromatic heterocycles. The van der Waals surface area contributed by atoms with E-state index in [4.69, 9.17) is 5.11 Å². The first kappa shape index (κ1) is 15.4. The number of amides is 2. The molecule has 5 heteroatoms. The van der Waals surface area contributed by atoms with Crippen molar-refractivity contribution in [2.75, 3.05) is 5.32 Å². The Morgan fingerprint density at radius 2 is 1.86 bits per heavy atom. The third-order valence-electron chi connectivity index (χ3n) is 4.06. The lowest BCUT2D eigenvalue weighted by Gasteiger charge is -2.27. The molecule has 1 aromatic carbocycles. The van der Waals surface area contributed by atoms with Gasteiger partial charge in [-0.1, -0.05) is 25.1 Å². The van der Waals surface area contributed by atoms with Crippen LogP contribution in [0.3, 0.4) is 0 Å². The molecule has 0 unspecified atom stereocenters. The lowest BCUT2D eigenvalue weighted by molar-refractivity contribution is -0.142. The summed E-state index contributed by atoms with van der Waals surface area (Å²) in [5.74, 6) is -0.985. The van der Waals surface area contributed by atoms with E-state index in [1.54, 1.807) is 0 Å². The molecule has 1 aliphatic rings. The van der Waals surface area contributed by atoms with Crippen LogP contribution in [0.1, 0.15) is 38.2 Å². The fourth-order valence-electron chi connectivity index (χ4n) is 2.78. The number of nitrogens with one attached hydrogen (secondary N) is 2. The van der Waals surface area contributed by atoms with E-state index in [-0.39, 0.29) is 18.0 Å². The Bertz CT molecular complexity index is 508. The summed E-state index contributed by atoms with van der Waals surface area (Å²) in [4.78, 5) is 22.9. The fourth-order valence-corrected chi connectivity index (χ4v) is 2.78. The van der Waals surface area contributed by atoms with Gasteiger partial charge < -0.3 is 15.7 Å². The van der Waals surface area contributed by atoms with Crippen molar-refractivity contribution in [3.63, 3.8) is 0 Å². The topological polar surface area (TPSA) is 78.4 Å². The number of carbonyl (C=O) groups excluding carboxylic acids is 1. The maximum absolute atomic E-state index is 12.0. The van der Waals surface area contributed by atoms with Gasteiger partial charge in [0.2, 0.25) is 0 Å². The van der Waals surface area contributed by atoms with Gasteiger partial charge in [0.1, 0.15) is 0 Å². The van der Waals surface area contributed by atoms with Crippen molar-refractivity contribution in [2.45, 2.75) is 45.1 Å². The van der Waals surface area contributed by atoms with Crippen LogP contribution in [0, 0.1) is 5.92 Å². The summed E-state index contributed by atoms with van der Waals surface area (Å²) >= 11 is 0. The molecular weight excluding hydrogens is 268 g/mol. The quantitative estimate of drug-likeness (QED) is 0.797. The number of urea groups is 1. The number of carboxylic acid groups (broad SMARTS) is 1. The fraction of sp³-hybridized carbons (Fsp3) is 0.500. The number of carboxylic acids is 1. The number of hydrogen-bond acceptors (Lipinski definition) is 2. The van der Waals surface area contributed by atoms with Crippen molar-refractivity contribution in [1.29, 1.82) is 0 Å². The van der Waals surface area contributed by atoms with E-state index >= 15 is 0 Å². The number of aryl methyl sites for hydroxylation is 1. The minimum atomic E-state index is -0.727. The van der Waals surface area contributed by atoms with Crippen molar-refractivity contribution in [3.8, 4) is 0 Å². The van der Waals surface area contributed by atoms with Crippen LogP contribution in [0.4, 0.5) is 10.5 Å². The van der Waals surface area contributed by atoms with Gasteiger partial charge in [0.15, 0.2) is 0 Å².